The van der Waals surface area contributed by atoms with Crippen LogP contribution >= 0.6 is 23.4 Å². The molecule has 0 aliphatic rings. The van der Waals surface area contributed by atoms with Gasteiger partial charge in [0.25, 0.3) is 5.69 Å². The summed E-state index contributed by atoms with van der Waals surface area (Å²) in [6.07, 6.45) is 2.06. The number of nitrogens with zero attached hydrogens (tertiary/aromatic N) is 1. The predicted molar refractivity (Wildman–Crippen MR) is 77.4 cm³/mol. The molecule has 0 aliphatic heterocycles. The van der Waals surface area contributed by atoms with Crippen LogP contribution in [0, 0.1) is 16.0 Å². The molecule has 6 heteroatoms. The molecule has 0 aromatic heterocycles. The molecule has 0 aliphatic carbocycles. The molecule has 1 aromatic rings. The summed E-state index contributed by atoms with van der Waals surface area (Å²) in [5, 5.41) is 14.5. The highest BCUT2D eigenvalue weighted by molar-refractivity contribution is 7.98. The molecule has 18 heavy (non-hydrogen) atoms. The van der Waals surface area contributed by atoms with Gasteiger partial charge in [-0.1, -0.05) is 24.6 Å². The molecule has 0 bridgehead atoms. The third-order valence-electron chi connectivity index (χ3n) is 2.54. The smallest absolute Gasteiger partial charge is 0.275 e. The number of thioether (sulfide) groups is 1. The number of rotatable bonds is 7. The third kappa shape index (κ3) is 4.48. The topological polar surface area (TPSA) is 55.2 Å². The first-order chi connectivity index (χ1) is 8.56. The lowest BCUT2D eigenvalue weighted by Crippen LogP contribution is -2.22. The Labute approximate surface area is 116 Å². The Hall–Kier alpha value is -0.780. The van der Waals surface area contributed by atoms with Crippen molar-refractivity contribution in [3.63, 3.8) is 0 Å². The average molecular weight is 289 g/mol. The van der Waals surface area contributed by atoms with Crippen molar-refractivity contribution >= 4 is 29.1 Å². The molecule has 1 atom stereocenters. The molecule has 1 unspecified atom stereocenters. The van der Waals surface area contributed by atoms with Crippen LogP contribution in [0.5, 0.6) is 0 Å². The third-order valence-corrected chi connectivity index (χ3v) is 3.79. The first kappa shape index (κ1) is 15.3. The number of hydrogen-bond donors (Lipinski definition) is 1. The first-order valence-corrected chi connectivity index (χ1v) is 7.44. The average Bonchev–Trinajstić information content (AvgIpc) is 2.31. The largest absolute Gasteiger partial charge is 0.312 e. The summed E-state index contributed by atoms with van der Waals surface area (Å²) in [6, 6.07) is 4.76. The maximum Gasteiger partial charge on any atom is 0.275 e. The normalized spacial score (nSPS) is 12.4. The quantitative estimate of drug-likeness (QED) is 0.617. The number of hydrogen-bond acceptors (Lipinski definition) is 4. The molecule has 0 saturated heterocycles. The predicted octanol–water partition coefficient (Wildman–Crippen LogP) is 3.34. The van der Waals surface area contributed by atoms with Crippen molar-refractivity contribution in [2.24, 2.45) is 5.92 Å². The summed E-state index contributed by atoms with van der Waals surface area (Å²) < 4.78 is 0. The van der Waals surface area contributed by atoms with Crippen LogP contribution in [0.2, 0.25) is 5.02 Å². The Balaban J connectivity index is 2.64. The van der Waals surface area contributed by atoms with Crippen molar-refractivity contribution in [3.8, 4) is 0 Å². The van der Waals surface area contributed by atoms with Gasteiger partial charge in [-0.2, -0.15) is 11.8 Å². The Bertz CT molecular complexity index is 415. The lowest BCUT2D eigenvalue weighted by Gasteiger charge is -2.12. The van der Waals surface area contributed by atoms with Gasteiger partial charge in [-0.05, 0) is 30.5 Å². The second-order valence-electron chi connectivity index (χ2n) is 4.19. The molecule has 0 amide bonds. The summed E-state index contributed by atoms with van der Waals surface area (Å²) in [6.45, 7) is 3.39. The van der Waals surface area contributed by atoms with Crippen LogP contribution in [0.1, 0.15) is 12.5 Å². The molecule has 1 rings (SSSR count). The van der Waals surface area contributed by atoms with E-state index in [1.807, 2.05) is 0 Å². The molecule has 0 radical (unpaired) electrons. The van der Waals surface area contributed by atoms with Gasteiger partial charge in [-0.3, -0.25) is 10.1 Å². The van der Waals surface area contributed by atoms with E-state index in [0.717, 1.165) is 12.3 Å². The van der Waals surface area contributed by atoms with E-state index in [4.69, 9.17) is 11.6 Å². The summed E-state index contributed by atoms with van der Waals surface area (Å²) in [4.78, 5) is 10.5. The SMILES string of the molecule is CSCC(C)CNCc1c(Cl)cccc1[N+](=O)[O-]. The van der Waals surface area contributed by atoms with E-state index in [-0.39, 0.29) is 5.69 Å². The highest BCUT2D eigenvalue weighted by Gasteiger charge is 2.16. The molecular weight excluding hydrogens is 272 g/mol. The lowest BCUT2D eigenvalue weighted by molar-refractivity contribution is -0.385. The number of nitro groups is 1. The van der Waals surface area contributed by atoms with Gasteiger partial charge < -0.3 is 5.32 Å². The van der Waals surface area contributed by atoms with Gasteiger partial charge in [0.1, 0.15) is 0 Å². The van der Waals surface area contributed by atoms with Gasteiger partial charge in [-0.25, -0.2) is 0 Å². The zero-order valence-corrected chi connectivity index (χ0v) is 12.1. The zero-order valence-electron chi connectivity index (χ0n) is 10.5. The van der Waals surface area contributed by atoms with Crippen LogP contribution in [-0.2, 0) is 6.54 Å². The van der Waals surface area contributed by atoms with E-state index in [9.17, 15) is 10.1 Å². The molecule has 1 aromatic carbocycles. The fourth-order valence-corrected chi connectivity index (χ4v) is 2.60. The highest BCUT2D eigenvalue weighted by Crippen LogP contribution is 2.25. The highest BCUT2D eigenvalue weighted by atomic mass is 35.5. The molecule has 0 saturated carbocycles. The monoisotopic (exact) mass is 288 g/mol. The van der Waals surface area contributed by atoms with Crippen LogP contribution < -0.4 is 5.32 Å². The van der Waals surface area contributed by atoms with Gasteiger partial charge >= 0.3 is 0 Å². The molecule has 100 valence electrons. The van der Waals surface area contributed by atoms with Crippen LogP contribution in [0.15, 0.2) is 18.2 Å². The summed E-state index contributed by atoms with van der Waals surface area (Å²) in [5.74, 6) is 1.60. The minimum atomic E-state index is -0.395. The molecular formula is C12H17ClN2O2S. The minimum absolute atomic E-state index is 0.0764. The van der Waals surface area contributed by atoms with Crippen LogP contribution in [0.3, 0.4) is 0 Å². The minimum Gasteiger partial charge on any atom is -0.312 e. The van der Waals surface area contributed by atoms with Crippen LogP contribution in [0.25, 0.3) is 0 Å². The number of halogens is 1. The van der Waals surface area contributed by atoms with Crippen molar-refractivity contribution in [2.75, 3.05) is 18.6 Å². The van der Waals surface area contributed by atoms with E-state index in [1.54, 1.807) is 23.9 Å². The van der Waals surface area contributed by atoms with Gasteiger partial charge in [0.2, 0.25) is 0 Å². The van der Waals surface area contributed by atoms with Gasteiger partial charge in [0.15, 0.2) is 0 Å². The van der Waals surface area contributed by atoms with Crippen LogP contribution in [-0.4, -0.2) is 23.5 Å². The number of benzene rings is 1. The van der Waals surface area contributed by atoms with E-state index < -0.39 is 4.92 Å². The standard InChI is InChI=1S/C12H17ClN2O2S/c1-9(8-18-2)6-14-7-10-11(13)4-3-5-12(10)15(16)17/h3-5,9,14H,6-8H2,1-2H3. The Morgan fingerprint density at radius 1 is 1.56 bits per heavy atom. The maximum atomic E-state index is 10.9. The maximum absolute atomic E-state index is 10.9. The molecule has 0 fully saturated rings. The van der Waals surface area contributed by atoms with Gasteiger partial charge in [0, 0.05) is 12.6 Å². The number of nitro benzene ring substituents is 1. The van der Waals surface area contributed by atoms with Crippen LogP contribution in [0.4, 0.5) is 5.69 Å². The molecule has 0 heterocycles. The Kier molecular flexibility index (Phi) is 6.46. The van der Waals surface area contributed by atoms with Crippen molar-refractivity contribution in [1.82, 2.24) is 5.32 Å². The van der Waals surface area contributed by atoms with Crippen molar-refractivity contribution in [3.05, 3.63) is 38.9 Å². The first-order valence-electron chi connectivity index (χ1n) is 5.67. The Morgan fingerprint density at radius 2 is 2.28 bits per heavy atom. The van der Waals surface area contributed by atoms with Gasteiger partial charge in [-0.15, -0.1) is 0 Å². The molecule has 1 N–H and O–H groups in total. The lowest BCUT2D eigenvalue weighted by atomic mass is 10.1. The fourth-order valence-electron chi connectivity index (χ4n) is 1.68. The molecule has 0 spiro atoms. The van der Waals surface area contributed by atoms with E-state index >= 15 is 0 Å². The van der Waals surface area contributed by atoms with Crippen molar-refractivity contribution in [2.45, 2.75) is 13.5 Å². The van der Waals surface area contributed by atoms with E-state index in [1.165, 1.54) is 6.07 Å². The van der Waals surface area contributed by atoms with Gasteiger partial charge in [0.05, 0.1) is 15.5 Å². The van der Waals surface area contributed by atoms with Crippen molar-refractivity contribution in [1.29, 1.82) is 0 Å². The second-order valence-corrected chi connectivity index (χ2v) is 5.50. The molecule has 4 nitrogen and oxygen atoms in total. The van der Waals surface area contributed by atoms with Crippen molar-refractivity contribution < 1.29 is 4.92 Å². The summed E-state index contributed by atoms with van der Waals surface area (Å²) >= 11 is 7.79. The van der Waals surface area contributed by atoms with E-state index in [0.29, 0.717) is 23.0 Å². The summed E-state index contributed by atoms with van der Waals surface area (Å²) in [5.41, 5.74) is 0.632. The zero-order chi connectivity index (χ0) is 13.5. The summed E-state index contributed by atoms with van der Waals surface area (Å²) in [7, 11) is 0. The van der Waals surface area contributed by atoms with E-state index in [2.05, 4.69) is 18.5 Å². The number of nitrogens with one attached hydrogen (secondary N) is 1. The fraction of sp³-hybridized carbons (Fsp3) is 0.500. The second kappa shape index (κ2) is 7.61. The Morgan fingerprint density at radius 3 is 2.89 bits per heavy atom.